The van der Waals surface area contributed by atoms with Gasteiger partial charge in [-0.1, -0.05) is 72.1 Å². The molecule has 3 heteroatoms. The fraction of sp³-hybridized carbons (Fsp3) is 0.0476. The van der Waals surface area contributed by atoms with Gasteiger partial charge in [0.15, 0.2) is 0 Å². The summed E-state index contributed by atoms with van der Waals surface area (Å²) in [7, 11) is 1.71. The van der Waals surface area contributed by atoms with Crippen molar-refractivity contribution in [1.82, 2.24) is 0 Å². The molecule has 116 valence electrons. The van der Waals surface area contributed by atoms with Crippen LogP contribution in [0.25, 0.3) is 5.57 Å². The zero-order valence-corrected chi connectivity index (χ0v) is 13.6. The van der Waals surface area contributed by atoms with E-state index in [1.807, 2.05) is 18.2 Å². The second kappa shape index (κ2) is 6.28. The molecule has 4 rings (SSSR count). The molecule has 3 aromatic rings. The predicted molar refractivity (Wildman–Crippen MR) is 102 cm³/mol. The van der Waals surface area contributed by atoms with Crippen LogP contribution in [-0.4, -0.2) is 14.0 Å². The quantitative estimate of drug-likeness (QED) is 0.739. The molecule has 0 unspecified atom stereocenters. The van der Waals surface area contributed by atoms with Crippen LogP contribution in [0.4, 0.5) is 5.69 Å². The zero-order chi connectivity index (χ0) is 16.4. The molecule has 2 nitrogen and oxygen atoms in total. The minimum atomic E-state index is 0.155. The average Bonchev–Trinajstić information content (AvgIpc) is 2.68. The number of fused-ring (bicyclic) bond motifs is 1. The van der Waals surface area contributed by atoms with E-state index in [-0.39, 0.29) is 6.85 Å². The zero-order valence-electron chi connectivity index (χ0n) is 13.6. The molecule has 0 bridgehead atoms. The van der Waals surface area contributed by atoms with Gasteiger partial charge in [0, 0.05) is 11.3 Å². The van der Waals surface area contributed by atoms with Crippen LogP contribution in [0.3, 0.4) is 0 Å². The van der Waals surface area contributed by atoms with Gasteiger partial charge in [-0.15, -0.1) is 0 Å². The van der Waals surface area contributed by atoms with Crippen molar-refractivity contribution < 1.29 is 4.74 Å². The minimum absolute atomic E-state index is 0.155. The van der Waals surface area contributed by atoms with Crippen molar-refractivity contribution in [2.45, 2.75) is 0 Å². The number of rotatable bonds is 3. The SMILES string of the molecule is COc1ccc2c(c1)C(c1ccccc1)=CB(c1ccccc1)N2. The maximum atomic E-state index is 5.42. The van der Waals surface area contributed by atoms with E-state index < -0.39 is 0 Å². The lowest BCUT2D eigenvalue weighted by Gasteiger charge is -2.25. The summed E-state index contributed by atoms with van der Waals surface area (Å²) in [5, 5.41) is 3.63. The molecule has 0 atom stereocenters. The number of methoxy groups -OCH3 is 1. The van der Waals surface area contributed by atoms with Gasteiger partial charge in [0.05, 0.1) is 7.11 Å². The summed E-state index contributed by atoms with van der Waals surface area (Å²) in [4.78, 5) is 0. The van der Waals surface area contributed by atoms with E-state index in [2.05, 4.69) is 71.9 Å². The van der Waals surface area contributed by atoms with Gasteiger partial charge in [0.1, 0.15) is 5.75 Å². The summed E-state index contributed by atoms with van der Waals surface area (Å²) in [6.45, 7) is 0.155. The molecule has 1 N–H and O–H groups in total. The standard InChI is InChI=1S/C21H18BNO/c1-24-18-12-13-21-19(14-18)20(16-8-4-2-5-9-16)15-22(23-21)17-10-6-3-7-11-17/h2-15,23H,1H3. The fourth-order valence-electron chi connectivity index (χ4n) is 3.17. The van der Waals surface area contributed by atoms with E-state index in [0.29, 0.717) is 0 Å². The first-order valence-electron chi connectivity index (χ1n) is 8.12. The fourth-order valence-corrected chi connectivity index (χ4v) is 3.17. The number of nitrogens with one attached hydrogen (secondary N) is 1. The van der Waals surface area contributed by atoms with Crippen molar-refractivity contribution in [3.8, 4) is 5.75 Å². The van der Waals surface area contributed by atoms with E-state index in [1.165, 1.54) is 22.2 Å². The number of ether oxygens (including phenoxy) is 1. The third-order valence-electron chi connectivity index (χ3n) is 4.40. The maximum absolute atomic E-state index is 5.42. The molecule has 3 aromatic carbocycles. The van der Waals surface area contributed by atoms with E-state index in [4.69, 9.17) is 4.74 Å². The smallest absolute Gasteiger partial charge is 0.314 e. The average molecular weight is 311 g/mol. The highest BCUT2D eigenvalue weighted by molar-refractivity contribution is 6.82. The van der Waals surface area contributed by atoms with E-state index in [9.17, 15) is 0 Å². The Kier molecular flexibility index (Phi) is 3.83. The summed E-state index contributed by atoms with van der Waals surface area (Å²) < 4.78 is 5.42. The molecule has 0 aromatic heterocycles. The molecule has 0 amide bonds. The van der Waals surface area contributed by atoms with Crippen LogP contribution >= 0.6 is 0 Å². The molecule has 1 aliphatic rings. The van der Waals surface area contributed by atoms with E-state index in [0.717, 1.165) is 11.4 Å². The summed E-state index contributed by atoms with van der Waals surface area (Å²) in [6.07, 6.45) is 0. The van der Waals surface area contributed by atoms with Gasteiger partial charge in [0.2, 0.25) is 0 Å². The van der Waals surface area contributed by atoms with Crippen molar-refractivity contribution in [3.05, 3.63) is 96.0 Å². The Morgan fingerprint density at radius 1 is 0.833 bits per heavy atom. The molecular formula is C21H18BNO. The predicted octanol–water partition coefficient (Wildman–Crippen LogP) is 3.99. The van der Waals surface area contributed by atoms with Gasteiger partial charge in [-0.05, 0) is 29.3 Å². The summed E-state index contributed by atoms with van der Waals surface area (Å²) in [5.74, 6) is 3.17. The van der Waals surface area contributed by atoms with Crippen molar-refractivity contribution >= 4 is 23.6 Å². The molecule has 0 aliphatic carbocycles. The van der Waals surface area contributed by atoms with Gasteiger partial charge in [-0.2, -0.15) is 0 Å². The van der Waals surface area contributed by atoms with E-state index in [1.54, 1.807) is 7.11 Å². The van der Waals surface area contributed by atoms with Gasteiger partial charge in [-0.25, -0.2) is 0 Å². The molecule has 24 heavy (non-hydrogen) atoms. The number of hydrogen-bond acceptors (Lipinski definition) is 2. The molecule has 0 spiro atoms. The Balaban J connectivity index is 1.86. The van der Waals surface area contributed by atoms with Gasteiger partial charge < -0.3 is 9.96 Å². The highest BCUT2D eigenvalue weighted by Gasteiger charge is 2.24. The van der Waals surface area contributed by atoms with Gasteiger partial charge in [-0.3, -0.25) is 0 Å². The molecule has 0 saturated heterocycles. The molecule has 0 radical (unpaired) electrons. The lowest BCUT2D eigenvalue weighted by atomic mass is 9.53. The van der Waals surface area contributed by atoms with Crippen LogP contribution in [0.15, 0.2) is 84.8 Å². The van der Waals surface area contributed by atoms with E-state index >= 15 is 0 Å². The lowest BCUT2D eigenvalue weighted by molar-refractivity contribution is 0.415. The Morgan fingerprint density at radius 3 is 2.25 bits per heavy atom. The maximum Gasteiger partial charge on any atom is 0.314 e. The number of hydrogen-bond donors (Lipinski definition) is 1. The lowest BCUT2D eigenvalue weighted by Crippen LogP contribution is -2.39. The Bertz CT molecular complexity index is 875. The summed E-state index contributed by atoms with van der Waals surface area (Å²) in [6, 6.07) is 27.2. The van der Waals surface area contributed by atoms with Crippen LogP contribution in [-0.2, 0) is 0 Å². The molecule has 1 heterocycles. The largest absolute Gasteiger partial charge is 0.497 e. The van der Waals surface area contributed by atoms with Crippen LogP contribution in [0, 0.1) is 0 Å². The Hall–Kier alpha value is -2.94. The highest BCUT2D eigenvalue weighted by atomic mass is 16.5. The summed E-state index contributed by atoms with van der Waals surface area (Å²) >= 11 is 0. The van der Waals surface area contributed by atoms with Crippen LogP contribution in [0.1, 0.15) is 11.1 Å². The number of benzene rings is 3. The summed E-state index contributed by atoms with van der Waals surface area (Å²) in [5.41, 5.74) is 6.01. The highest BCUT2D eigenvalue weighted by Crippen LogP contribution is 2.35. The van der Waals surface area contributed by atoms with Crippen molar-refractivity contribution in [2.24, 2.45) is 0 Å². The first kappa shape index (κ1) is 14.6. The van der Waals surface area contributed by atoms with Gasteiger partial charge in [0.25, 0.3) is 0 Å². The topological polar surface area (TPSA) is 21.3 Å². The first-order valence-corrected chi connectivity index (χ1v) is 8.12. The second-order valence-electron chi connectivity index (χ2n) is 5.89. The van der Waals surface area contributed by atoms with Crippen LogP contribution in [0.5, 0.6) is 5.75 Å². The Morgan fingerprint density at radius 2 is 1.54 bits per heavy atom. The molecule has 0 fully saturated rings. The Labute approximate surface area is 142 Å². The first-order chi connectivity index (χ1) is 11.8. The van der Waals surface area contributed by atoms with Crippen LogP contribution < -0.4 is 15.4 Å². The van der Waals surface area contributed by atoms with Crippen molar-refractivity contribution in [1.29, 1.82) is 0 Å². The monoisotopic (exact) mass is 311 g/mol. The normalized spacial score (nSPS) is 12.9. The number of anilines is 1. The third-order valence-corrected chi connectivity index (χ3v) is 4.40. The van der Waals surface area contributed by atoms with Gasteiger partial charge >= 0.3 is 6.85 Å². The minimum Gasteiger partial charge on any atom is -0.497 e. The molecular weight excluding hydrogens is 293 g/mol. The van der Waals surface area contributed by atoms with Crippen molar-refractivity contribution in [3.63, 3.8) is 0 Å². The third kappa shape index (κ3) is 2.69. The molecule has 1 aliphatic heterocycles. The van der Waals surface area contributed by atoms with Crippen molar-refractivity contribution in [2.75, 3.05) is 12.3 Å². The van der Waals surface area contributed by atoms with Crippen LogP contribution in [0.2, 0.25) is 0 Å². The molecule has 0 saturated carbocycles. The second-order valence-corrected chi connectivity index (χ2v) is 5.89.